The Hall–Kier alpha value is -1.47. The second kappa shape index (κ2) is 5.03. The van der Waals surface area contributed by atoms with Crippen LogP contribution >= 0.6 is 27.3 Å². The normalized spacial score (nSPS) is 10.4. The Balaban J connectivity index is 2.49. The zero-order valence-electron chi connectivity index (χ0n) is 9.24. The second-order valence-electron chi connectivity index (χ2n) is 3.35. The number of ether oxygens (including phenoxy) is 1. The smallest absolute Gasteiger partial charge is 0.359 e. The Kier molecular flexibility index (Phi) is 3.63. The number of esters is 1. The van der Waals surface area contributed by atoms with Gasteiger partial charge in [0.1, 0.15) is 15.8 Å². The van der Waals surface area contributed by atoms with Crippen LogP contribution in [0.15, 0.2) is 22.7 Å². The number of halogens is 2. The molecule has 0 unspecified atom stereocenters. The highest BCUT2D eigenvalue weighted by molar-refractivity contribution is 9.10. The Morgan fingerprint density at radius 3 is 2.89 bits per heavy atom. The highest BCUT2D eigenvalue weighted by Gasteiger charge is 2.18. The number of carbonyl (C=O) groups is 1. The van der Waals surface area contributed by atoms with Crippen molar-refractivity contribution in [1.82, 2.24) is 4.98 Å². The maximum Gasteiger partial charge on any atom is 0.359 e. The number of rotatable bonds is 2. The van der Waals surface area contributed by atoms with Gasteiger partial charge in [0.05, 0.1) is 7.11 Å². The van der Waals surface area contributed by atoms with Gasteiger partial charge in [-0.05, 0) is 34.1 Å². The molecule has 0 fully saturated rings. The summed E-state index contributed by atoms with van der Waals surface area (Å²) in [5.74, 6) is -0.948. The van der Waals surface area contributed by atoms with Crippen molar-refractivity contribution in [3.63, 3.8) is 0 Å². The van der Waals surface area contributed by atoms with Gasteiger partial charge in [-0.1, -0.05) is 11.3 Å². The number of hydrogen-bond donors (Lipinski definition) is 1. The molecule has 0 amide bonds. The largest absolute Gasteiger partial charge is 0.464 e. The number of nitrogens with zero attached hydrogens (tertiary/aromatic N) is 1. The second-order valence-corrected chi connectivity index (χ2v) is 5.23. The molecule has 0 aliphatic rings. The summed E-state index contributed by atoms with van der Waals surface area (Å²) in [6.45, 7) is 0. The third kappa shape index (κ3) is 2.37. The van der Waals surface area contributed by atoms with E-state index in [9.17, 15) is 9.18 Å². The average Bonchev–Trinajstić information content (AvgIpc) is 2.70. The number of nitrogens with two attached hydrogens (primary N) is 1. The van der Waals surface area contributed by atoms with Gasteiger partial charge in [-0.25, -0.2) is 14.2 Å². The highest BCUT2D eigenvalue weighted by atomic mass is 79.9. The highest BCUT2D eigenvalue weighted by Crippen LogP contribution is 2.34. The predicted molar refractivity (Wildman–Crippen MR) is 71.0 cm³/mol. The van der Waals surface area contributed by atoms with Crippen LogP contribution in [-0.2, 0) is 4.74 Å². The Bertz CT molecular complexity index is 615. The van der Waals surface area contributed by atoms with Crippen molar-refractivity contribution in [2.75, 3.05) is 12.8 Å². The summed E-state index contributed by atoms with van der Waals surface area (Å²) in [6, 6.07) is 4.21. The first kappa shape index (κ1) is 13.0. The van der Waals surface area contributed by atoms with E-state index in [-0.39, 0.29) is 16.5 Å². The van der Waals surface area contributed by atoms with Crippen molar-refractivity contribution in [3.05, 3.63) is 34.2 Å². The SMILES string of the molecule is COC(=O)c1nc(-c2ccc(F)cc2Br)sc1N. The first-order valence-electron chi connectivity index (χ1n) is 4.83. The summed E-state index contributed by atoms with van der Waals surface area (Å²) < 4.78 is 18.1. The molecule has 1 heterocycles. The van der Waals surface area contributed by atoms with E-state index in [1.807, 2.05) is 0 Å². The molecule has 1 aromatic carbocycles. The molecule has 94 valence electrons. The monoisotopic (exact) mass is 330 g/mol. The fourth-order valence-corrected chi connectivity index (χ4v) is 2.88. The van der Waals surface area contributed by atoms with Crippen LogP contribution in [0.5, 0.6) is 0 Å². The van der Waals surface area contributed by atoms with E-state index in [2.05, 4.69) is 25.7 Å². The lowest BCUT2D eigenvalue weighted by molar-refractivity contribution is 0.0596. The lowest BCUT2D eigenvalue weighted by atomic mass is 10.2. The van der Waals surface area contributed by atoms with E-state index in [0.29, 0.717) is 15.0 Å². The van der Waals surface area contributed by atoms with E-state index in [0.717, 1.165) is 11.3 Å². The maximum atomic E-state index is 13.0. The van der Waals surface area contributed by atoms with Gasteiger partial charge in [0.15, 0.2) is 5.69 Å². The van der Waals surface area contributed by atoms with Gasteiger partial charge in [-0.3, -0.25) is 0 Å². The minimum atomic E-state index is -0.590. The molecule has 0 saturated heterocycles. The number of benzene rings is 1. The number of nitrogen functional groups attached to an aromatic ring is 1. The molecule has 0 saturated carbocycles. The van der Waals surface area contributed by atoms with Crippen LogP contribution in [0.1, 0.15) is 10.5 Å². The van der Waals surface area contributed by atoms with Crippen LogP contribution in [-0.4, -0.2) is 18.1 Å². The predicted octanol–water partition coefficient (Wildman–Crippen LogP) is 3.08. The molecule has 7 heteroatoms. The minimum absolute atomic E-state index is 0.0775. The van der Waals surface area contributed by atoms with Gasteiger partial charge >= 0.3 is 5.97 Å². The fraction of sp³-hybridized carbons (Fsp3) is 0.0909. The summed E-state index contributed by atoms with van der Waals surface area (Å²) in [4.78, 5) is 15.5. The molecule has 0 spiro atoms. The van der Waals surface area contributed by atoms with E-state index in [1.165, 1.54) is 19.2 Å². The van der Waals surface area contributed by atoms with Crippen LogP contribution in [0.25, 0.3) is 10.6 Å². The molecule has 0 bridgehead atoms. The number of thiazole rings is 1. The van der Waals surface area contributed by atoms with Gasteiger partial charge in [0, 0.05) is 10.0 Å². The van der Waals surface area contributed by atoms with Crippen molar-refractivity contribution >= 4 is 38.2 Å². The Labute approximate surface area is 115 Å². The molecule has 0 radical (unpaired) electrons. The molecule has 0 atom stereocenters. The molecule has 4 nitrogen and oxygen atoms in total. The summed E-state index contributed by atoms with van der Waals surface area (Å²) >= 11 is 4.39. The van der Waals surface area contributed by atoms with Gasteiger partial charge < -0.3 is 10.5 Å². The van der Waals surface area contributed by atoms with Gasteiger partial charge in [0.25, 0.3) is 0 Å². The Morgan fingerprint density at radius 1 is 1.56 bits per heavy atom. The third-order valence-electron chi connectivity index (χ3n) is 2.19. The van der Waals surface area contributed by atoms with Gasteiger partial charge in [-0.2, -0.15) is 0 Å². The van der Waals surface area contributed by atoms with Crippen LogP contribution in [0.3, 0.4) is 0 Å². The molecular formula is C11H8BrFN2O2S. The van der Waals surface area contributed by atoms with Crippen molar-refractivity contribution in [2.45, 2.75) is 0 Å². The van der Waals surface area contributed by atoms with E-state index in [4.69, 9.17) is 5.73 Å². The number of aromatic nitrogens is 1. The molecular weight excluding hydrogens is 323 g/mol. The molecule has 2 aromatic rings. The Morgan fingerprint density at radius 2 is 2.28 bits per heavy atom. The first-order valence-corrected chi connectivity index (χ1v) is 6.44. The van der Waals surface area contributed by atoms with Crippen LogP contribution in [0, 0.1) is 5.82 Å². The number of methoxy groups -OCH3 is 1. The van der Waals surface area contributed by atoms with Gasteiger partial charge in [0.2, 0.25) is 0 Å². The lowest BCUT2D eigenvalue weighted by Crippen LogP contribution is -2.04. The summed E-state index contributed by atoms with van der Waals surface area (Å²) in [7, 11) is 1.26. The van der Waals surface area contributed by atoms with Crippen LogP contribution < -0.4 is 5.73 Å². The third-order valence-corrected chi connectivity index (χ3v) is 3.77. The lowest BCUT2D eigenvalue weighted by Gasteiger charge is -1.99. The first-order chi connectivity index (χ1) is 8.52. The zero-order chi connectivity index (χ0) is 13.3. The fourth-order valence-electron chi connectivity index (χ4n) is 1.35. The van der Waals surface area contributed by atoms with Crippen molar-refractivity contribution in [1.29, 1.82) is 0 Å². The molecule has 0 aliphatic heterocycles. The number of carbonyl (C=O) groups excluding carboxylic acids is 1. The summed E-state index contributed by atoms with van der Waals surface area (Å²) in [5.41, 5.74) is 6.45. The topological polar surface area (TPSA) is 65.2 Å². The molecule has 1 aromatic heterocycles. The number of hydrogen-bond acceptors (Lipinski definition) is 5. The van der Waals surface area contributed by atoms with Crippen LogP contribution in [0.4, 0.5) is 9.39 Å². The summed E-state index contributed by atoms with van der Waals surface area (Å²) in [6.07, 6.45) is 0. The van der Waals surface area contributed by atoms with Gasteiger partial charge in [-0.15, -0.1) is 0 Å². The van der Waals surface area contributed by atoms with Crippen LogP contribution in [0.2, 0.25) is 0 Å². The van der Waals surface area contributed by atoms with Crippen molar-refractivity contribution in [2.24, 2.45) is 0 Å². The van der Waals surface area contributed by atoms with Crippen molar-refractivity contribution < 1.29 is 13.9 Å². The van der Waals surface area contributed by atoms with E-state index >= 15 is 0 Å². The number of anilines is 1. The molecule has 0 aliphatic carbocycles. The van der Waals surface area contributed by atoms with E-state index < -0.39 is 5.97 Å². The maximum absolute atomic E-state index is 13.0. The van der Waals surface area contributed by atoms with Crippen molar-refractivity contribution in [3.8, 4) is 10.6 Å². The molecule has 18 heavy (non-hydrogen) atoms. The quantitative estimate of drug-likeness (QED) is 0.859. The van der Waals surface area contributed by atoms with E-state index in [1.54, 1.807) is 6.07 Å². The standard InChI is InChI=1S/C11H8BrFN2O2S/c1-17-11(16)8-9(14)18-10(15-8)6-3-2-5(13)4-7(6)12/h2-4H,14H2,1H3. The zero-order valence-corrected chi connectivity index (χ0v) is 11.6. The summed E-state index contributed by atoms with van der Waals surface area (Å²) in [5, 5.41) is 0.799. The molecule has 2 N–H and O–H groups in total. The minimum Gasteiger partial charge on any atom is -0.464 e. The molecule has 2 rings (SSSR count). The average molecular weight is 331 g/mol.